The summed E-state index contributed by atoms with van der Waals surface area (Å²) in [5, 5.41) is 0. The lowest BCUT2D eigenvalue weighted by Gasteiger charge is -2.37. The van der Waals surface area contributed by atoms with E-state index in [0.717, 1.165) is 32.4 Å². The molecule has 2 nitrogen and oxygen atoms in total. The highest BCUT2D eigenvalue weighted by Gasteiger charge is 2.38. The molecule has 0 spiro atoms. The Morgan fingerprint density at radius 2 is 2.05 bits per heavy atom. The molecular weight excluding hydrogens is 234 g/mol. The average Bonchev–Trinajstić information content (AvgIpc) is 2.78. The van der Waals surface area contributed by atoms with Crippen LogP contribution in [0, 0.1) is 0 Å². The first-order valence-electron chi connectivity index (χ1n) is 7.20. The zero-order chi connectivity index (χ0) is 13.5. The van der Waals surface area contributed by atoms with E-state index < -0.39 is 0 Å². The molecule has 102 valence electrons. The molecule has 2 heteroatoms. The van der Waals surface area contributed by atoms with Gasteiger partial charge in [-0.3, -0.25) is 0 Å². The molecule has 1 aliphatic carbocycles. The van der Waals surface area contributed by atoms with E-state index in [1.165, 1.54) is 16.7 Å². The number of ether oxygens (including phenoxy) is 1. The largest absolute Gasteiger partial charge is 0.371 e. The van der Waals surface area contributed by atoms with Crippen molar-refractivity contribution in [2.75, 3.05) is 27.2 Å². The Balaban J connectivity index is 1.92. The average molecular weight is 257 g/mol. The minimum Gasteiger partial charge on any atom is -0.371 e. The molecule has 1 atom stereocenters. The van der Waals surface area contributed by atoms with Gasteiger partial charge in [0, 0.05) is 6.54 Å². The second-order valence-electron chi connectivity index (χ2n) is 6.17. The van der Waals surface area contributed by atoms with Gasteiger partial charge in [-0.2, -0.15) is 0 Å². The van der Waals surface area contributed by atoms with Crippen LogP contribution < -0.4 is 0 Å². The molecular formula is C17H23NO. The lowest BCUT2D eigenvalue weighted by atomic mass is 9.85. The predicted molar refractivity (Wildman–Crippen MR) is 79.2 cm³/mol. The van der Waals surface area contributed by atoms with E-state index in [-0.39, 0.29) is 5.60 Å². The Morgan fingerprint density at radius 1 is 1.26 bits per heavy atom. The molecule has 0 fully saturated rings. The fraction of sp³-hybridized carbons (Fsp3) is 0.529. The van der Waals surface area contributed by atoms with Gasteiger partial charge in [0.2, 0.25) is 0 Å². The summed E-state index contributed by atoms with van der Waals surface area (Å²) in [4.78, 5) is 2.24. The van der Waals surface area contributed by atoms with Crippen molar-refractivity contribution < 1.29 is 4.74 Å². The molecule has 2 aliphatic rings. The third kappa shape index (κ3) is 2.24. The molecule has 1 unspecified atom stereocenters. The quantitative estimate of drug-likeness (QED) is 0.825. The maximum absolute atomic E-state index is 6.18. The van der Waals surface area contributed by atoms with E-state index in [9.17, 15) is 0 Å². The lowest BCUT2D eigenvalue weighted by Crippen LogP contribution is -2.38. The van der Waals surface area contributed by atoms with E-state index in [1.807, 2.05) is 0 Å². The minimum atomic E-state index is -0.0725. The van der Waals surface area contributed by atoms with Gasteiger partial charge < -0.3 is 9.64 Å². The SMILES string of the molecule is CN(C)CCC1(C)OCCC2=C1Cc1ccccc12. The van der Waals surface area contributed by atoms with Crippen molar-refractivity contribution in [3.8, 4) is 0 Å². The topological polar surface area (TPSA) is 12.5 Å². The molecule has 1 aromatic carbocycles. The maximum atomic E-state index is 6.18. The summed E-state index contributed by atoms with van der Waals surface area (Å²) < 4.78 is 6.18. The Bertz CT molecular complexity index is 518. The maximum Gasteiger partial charge on any atom is 0.0884 e. The van der Waals surface area contributed by atoms with Crippen LogP contribution in [0.5, 0.6) is 0 Å². The van der Waals surface area contributed by atoms with Crippen molar-refractivity contribution in [1.82, 2.24) is 4.90 Å². The Morgan fingerprint density at radius 3 is 2.84 bits per heavy atom. The van der Waals surface area contributed by atoms with Gasteiger partial charge in [0.05, 0.1) is 12.2 Å². The molecule has 1 aliphatic heterocycles. The van der Waals surface area contributed by atoms with Crippen molar-refractivity contribution in [1.29, 1.82) is 0 Å². The smallest absolute Gasteiger partial charge is 0.0884 e. The van der Waals surface area contributed by atoms with Crippen molar-refractivity contribution in [3.05, 3.63) is 41.0 Å². The van der Waals surface area contributed by atoms with Crippen molar-refractivity contribution in [2.24, 2.45) is 0 Å². The van der Waals surface area contributed by atoms with Crippen molar-refractivity contribution in [3.63, 3.8) is 0 Å². The van der Waals surface area contributed by atoms with E-state index in [2.05, 4.69) is 50.2 Å². The van der Waals surface area contributed by atoms with Gasteiger partial charge in [-0.25, -0.2) is 0 Å². The summed E-state index contributed by atoms with van der Waals surface area (Å²) in [5.74, 6) is 0. The molecule has 0 amide bonds. The molecule has 0 radical (unpaired) electrons. The van der Waals surface area contributed by atoms with Crippen LogP contribution in [0.25, 0.3) is 5.57 Å². The van der Waals surface area contributed by atoms with Gasteiger partial charge in [0.1, 0.15) is 0 Å². The molecule has 0 bridgehead atoms. The summed E-state index contributed by atoms with van der Waals surface area (Å²) in [6, 6.07) is 8.84. The molecule has 0 aromatic heterocycles. The molecule has 0 N–H and O–H groups in total. The number of fused-ring (bicyclic) bond motifs is 2. The van der Waals surface area contributed by atoms with Crippen molar-refractivity contribution in [2.45, 2.75) is 31.8 Å². The molecule has 1 heterocycles. The van der Waals surface area contributed by atoms with Crippen LogP contribution in [-0.2, 0) is 11.2 Å². The summed E-state index contributed by atoms with van der Waals surface area (Å²) in [6.45, 7) is 4.21. The van der Waals surface area contributed by atoms with Crippen LogP contribution >= 0.6 is 0 Å². The first-order chi connectivity index (χ1) is 9.10. The third-order valence-corrected chi connectivity index (χ3v) is 4.52. The Labute approximate surface area is 116 Å². The first-order valence-corrected chi connectivity index (χ1v) is 7.20. The normalized spacial score (nSPS) is 25.7. The van der Waals surface area contributed by atoms with Gasteiger partial charge in [0.15, 0.2) is 0 Å². The van der Waals surface area contributed by atoms with E-state index >= 15 is 0 Å². The van der Waals surface area contributed by atoms with Gasteiger partial charge >= 0.3 is 0 Å². The predicted octanol–water partition coefficient (Wildman–Crippen LogP) is 3.13. The highest BCUT2D eigenvalue weighted by molar-refractivity contribution is 5.78. The van der Waals surface area contributed by atoms with Crippen molar-refractivity contribution >= 4 is 5.57 Å². The first kappa shape index (κ1) is 12.9. The van der Waals surface area contributed by atoms with Crippen LogP contribution in [0.15, 0.2) is 29.8 Å². The summed E-state index contributed by atoms with van der Waals surface area (Å²) in [7, 11) is 4.26. The highest BCUT2D eigenvalue weighted by atomic mass is 16.5. The highest BCUT2D eigenvalue weighted by Crippen LogP contribution is 2.45. The second-order valence-corrected chi connectivity index (χ2v) is 6.17. The minimum absolute atomic E-state index is 0.0725. The van der Waals surface area contributed by atoms with Crippen LogP contribution in [0.1, 0.15) is 30.9 Å². The number of benzene rings is 1. The van der Waals surface area contributed by atoms with Gasteiger partial charge in [-0.1, -0.05) is 24.3 Å². The fourth-order valence-corrected chi connectivity index (χ4v) is 3.35. The standard InChI is InChI=1S/C17H23NO/c1-17(9-10-18(2)3)16-12-13-6-4-5-7-14(13)15(16)8-11-19-17/h4-7H,8-12H2,1-3H3. The fourth-order valence-electron chi connectivity index (χ4n) is 3.35. The van der Waals surface area contributed by atoms with E-state index in [0.29, 0.717) is 0 Å². The lowest BCUT2D eigenvalue weighted by molar-refractivity contribution is -0.0182. The second kappa shape index (κ2) is 4.77. The van der Waals surface area contributed by atoms with Crippen LogP contribution in [0.3, 0.4) is 0 Å². The van der Waals surface area contributed by atoms with E-state index in [4.69, 9.17) is 4.74 Å². The van der Waals surface area contributed by atoms with Gasteiger partial charge in [-0.05, 0) is 62.6 Å². The Hall–Kier alpha value is -1.12. The summed E-state index contributed by atoms with van der Waals surface area (Å²) in [5.41, 5.74) is 5.97. The van der Waals surface area contributed by atoms with Crippen LogP contribution in [-0.4, -0.2) is 37.7 Å². The monoisotopic (exact) mass is 257 g/mol. The van der Waals surface area contributed by atoms with Crippen LogP contribution in [0.4, 0.5) is 0 Å². The summed E-state index contributed by atoms with van der Waals surface area (Å²) in [6.07, 6.45) is 3.23. The Kier molecular flexibility index (Phi) is 3.23. The zero-order valence-corrected chi connectivity index (χ0v) is 12.2. The number of hydrogen-bond donors (Lipinski definition) is 0. The molecule has 0 saturated carbocycles. The molecule has 1 aromatic rings. The number of rotatable bonds is 3. The van der Waals surface area contributed by atoms with Crippen LogP contribution in [0.2, 0.25) is 0 Å². The molecule has 19 heavy (non-hydrogen) atoms. The number of hydrogen-bond acceptors (Lipinski definition) is 2. The zero-order valence-electron chi connectivity index (χ0n) is 12.2. The molecule has 3 rings (SSSR count). The van der Waals surface area contributed by atoms with Gasteiger partial charge in [-0.15, -0.1) is 0 Å². The van der Waals surface area contributed by atoms with Gasteiger partial charge in [0.25, 0.3) is 0 Å². The third-order valence-electron chi connectivity index (χ3n) is 4.52. The summed E-state index contributed by atoms with van der Waals surface area (Å²) >= 11 is 0. The molecule has 0 saturated heterocycles. The van der Waals surface area contributed by atoms with E-state index in [1.54, 1.807) is 5.57 Å². The number of nitrogens with zero attached hydrogens (tertiary/aromatic N) is 1.